The summed E-state index contributed by atoms with van der Waals surface area (Å²) in [4.78, 5) is 0. The van der Waals surface area contributed by atoms with Crippen molar-refractivity contribution in [2.24, 2.45) is 29.1 Å². The van der Waals surface area contributed by atoms with Gasteiger partial charge >= 0.3 is 0 Å². The molecule has 6 atom stereocenters. The van der Waals surface area contributed by atoms with Crippen LogP contribution in [0.3, 0.4) is 0 Å². The van der Waals surface area contributed by atoms with Crippen LogP contribution in [0.2, 0.25) is 0 Å². The van der Waals surface area contributed by atoms with E-state index in [1.165, 1.54) is 31.2 Å². The summed E-state index contributed by atoms with van der Waals surface area (Å²) >= 11 is 0. The molecule has 2 saturated heterocycles. The molecule has 0 spiro atoms. The standard InChI is InChI=1S/C29H38O5/c1-27-17-24(20-7-10-21(30-2)11-8-20)26-22-6-4-3-5-19(22)9-12-23(26)25(27)18-28-29(27,33-15-13-31-28)34-16-14-32-28/h7-11,22-26H,3-6,12-18H2,1-2H3/t22-,23-,24+,25-,26+,27-,28?,29?/m0/s1. The quantitative estimate of drug-likeness (QED) is 0.543. The van der Waals surface area contributed by atoms with Crippen molar-refractivity contribution in [2.75, 3.05) is 33.5 Å². The average Bonchev–Trinajstić information content (AvgIpc) is 3.14. The molecular formula is C29H38O5. The van der Waals surface area contributed by atoms with Crippen molar-refractivity contribution in [3.63, 3.8) is 0 Å². The first-order chi connectivity index (χ1) is 16.6. The zero-order chi connectivity index (χ0) is 23.0. The van der Waals surface area contributed by atoms with Crippen LogP contribution < -0.4 is 4.74 Å². The highest BCUT2D eigenvalue weighted by atomic mass is 16.8. The third kappa shape index (κ3) is 2.76. The number of allylic oxidation sites excluding steroid dienone is 2. The molecule has 4 aliphatic carbocycles. The van der Waals surface area contributed by atoms with Gasteiger partial charge in [0, 0.05) is 11.8 Å². The van der Waals surface area contributed by atoms with Crippen molar-refractivity contribution >= 4 is 0 Å². The van der Waals surface area contributed by atoms with Crippen molar-refractivity contribution in [2.45, 2.75) is 69.4 Å². The Morgan fingerprint density at radius 1 is 0.882 bits per heavy atom. The van der Waals surface area contributed by atoms with E-state index in [4.69, 9.17) is 23.7 Å². The van der Waals surface area contributed by atoms with E-state index in [-0.39, 0.29) is 5.41 Å². The first-order valence-electron chi connectivity index (χ1n) is 13.5. The summed E-state index contributed by atoms with van der Waals surface area (Å²) in [7, 11) is 1.75. The Morgan fingerprint density at radius 2 is 1.62 bits per heavy atom. The lowest BCUT2D eigenvalue weighted by molar-refractivity contribution is -0.474. The molecule has 6 aliphatic rings. The van der Waals surface area contributed by atoms with Crippen molar-refractivity contribution in [3.05, 3.63) is 41.5 Å². The summed E-state index contributed by atoms with van der Waals surface area (Å²) in [5, 5.41) is 0. The topological polar surface area (TPSA) is 46.2 Å². The minimum atomic E-state index is -0.812. The minimum Gasteiger partial charge on any atom is -0.497 e. The van der Waals surface area contributed by atoms with Gasteiger partial charge in [0.1, 0.15) is 5.75 Å². The van der Waals surface area contributed by atoms with Crippen LogP contribution in [0.15, 0.2) is 35.9 Å². The van der Waals surface area contributed by atoms with E-state index in [1.807, 2.05) is 0 Å². The van der Waals surface area contributed by atoms with E-state index >= 15 is 0 Å². The molecule has 2 aliphatic heterocycles. The summed E-state index contributed by atoms with van der Waals surface area (Å²) in [6, 6.07) is 8.89. The lowest BCUT2D eigenvalue weighted by atomic mass is 9.48. The maximum atomic E-state index is 6.66. The molecule has 0 N–H and O–H groups in total. The van der Waals surface area contributed by atoms with Crippen LogP contribution >= 0.6 is 0 Å². The fourth-order valence-electron chi connectivity index (χ4n) is 9.26. The molecule has 2 heterocycles. The van der Waals surface area contributed by atoms with E-state index in [1.54, 1.807) is 12.7 Å². The van der Waals surface area contributed by atoms with Gasteiger partial charge in [-0.15, -0.1) is 0 Å². The van der Waals surface area contributed by atoms with Crippen LogP contribution in [0.4, 0.5) is 0 Å². The molecule has 1 aromatic rings. The highest BCUT2D eigenvalue weighted by molar-refractivity contribution is 5.34. The van der Waals surface area contributed by atoms with Gasteiger partial charge in [0.2, 0.25) is 11.6 Å². The van der Waals surface area contributed by atoms with Crippen LogP contribution in [0.5, 0.6) is 5.75 Å². The molecule has 5 heteroatoms. The monoisotopic (exact) mass is 466 g/mol. The van der Waals surface area contributed by atoms with Crippen LogP contribution in [-0.4, -0.2) is 45.1 Å². The molecule has 0 aromatic heterocycles. The van der Waals surface area contributed by atoms with Gasteiger partial charge in [-0.2, -0.15) is 0 Å². The first-order valence-corrected chi connectivity index (χ1v) is 13.5. The summed E-state index contributed by atoms with van der Waals surface area (Å²) in [5.74, 6) is 2.22. The van der Waals surface area contributed by atoms with Gasteiger partial charge < -0.3 is 23.7 Å². The maximum absolute atomic E-state index is 6.66. The van der Waals surface area contributed by atoms with Crippen LogP contribution in [0.25, 0.3) is 0 Å². The van der Waals surface area contributed by atoms with Crippen molar-refractivity contribution in [3.8, 4) is 5.75 Å². The number of hydrogen-bond donors (Lipinski definition) is 0. The molecule has 184 valence electrons. The summed E-state index contributed by atoms with van der Waals surface area (Å²) in [6.45, 7) is 4.73. The molecule has 5 nitrogen and oxygen atoms in total. The molecular weight excluding hydrogens is 428 g/mol. The molecule has 1 aromatic carbocycles. The lowest BCUT2D eigenvalue weighted by Crippen LogP contribution is -2.70. The lowest BCUT2D eigenvalue weighted by Gasteiger charge is -2.60. The van der Waals surface area contributed by atoms with Gasteiger partial charge in [0.25, 0.3) is 0 Å². The molecule has 7 rings (SSSR count). The molecule has 0 radical (unpaired) electrons. The van der Waals surface area contributed by atoms with E-state index in [0.717, 1.165) is 25.0 Å². The maximum Gasteiger partial charge on any atom is 0.229 e. The largest absolute Gasteiger partial charge is 0.497 e. The van der Waals surface area contributed by atoms with Gasteiger partial charge in [0.05, 0.1) is 33.5 Å². The van der Waals surface area contributed by atoms with E-state index in [9.17, 15) is 0 Å². The zero-order valence-corrected chi connectivity index (χ0v) is 20.6. The van der Waals surface area contributed by atoms with Crippen LogP contribution in [0.1, 0.15) is 63.4 Å². The second kappa shape index (κ2) is 7.80. The van der Waals surface area contributed by atoms with E-state index in [2.05, 4.69) is 37.3 Å². The molecule has 3 saturated carbocycles. The highest BCUT2D eigenvalue weighted by Gasteiger charge is 2.79. The third-order valence-electron chi connectivity index (χ3n) is 10.5. The Hall–Kier alpha value is -1.40. The van der Waals surface area contributed by atoms with Crippen molar-refractivity contribution in [1.82, 2.24) is 0 Å². The second-order valence-corrected chi connectivity index (χ2v) is 11.7. The highest BCUT2D eigenvalue weighted by Crippen LogP contribution is 2.72. The van der Waals surface area contributed by atoms with Crippen LogP contribution in [0, 0.1) is 29.1 Å². The van der Waals surface area contributed by atoms with Gasteiger partial charge in [-0.3, -0.25) is 0 Å². The van der Waals surface area contributed by atoms with E-state index < -0.39 is 11.6 Å². The fourth-order valence-corrected chi connectivity index (χ4v) is 9.26. The number of fused-ring (bicyclic) bond motifs is 5. The number of ether oxygens (including phenoxy) is 5. The smallest absolute Gasteiger partial charge is 0.229 e. The van der Waals surface area contributed by atoms with Gasteiger partial charge in [-0.25, -0.2) is 0 Å². The Labute approximate surface area is 203 Å². The molecule has 0 unspecified atom stereocenters. The SMILES string of the molecule is COc1ccc([C@H]2C[C@@]3(C)[C@@H](CC45OCCOC43OCCO5)[C@@H]3CC=C4CCCC[C@@H]4[C@H]32)cc1. The molecule has 0 amide bonds. The minimum absolute atomic E-state index is 0.167. The first kappa shape index (κ1) is 21.8. The fraction of sp³-hybridized carbons (Fsp3) is 0.724. The van der Waals surface area contributed by atoms with Gasteiger partial charge in [-0.05, 0) is 79.4 Å². The predicted molar refractivity (Wildman–Crippen MR) is 127 cm³/mol. The summed E-state index contributed by atoms with van der Waals surface area (Å²) in [6.07, 6.45) is 11.0. The van der Waals surface area contributed by atoms with Gasteiger partial charge in [0.15, 0.2) is 0 Å². The Kier molecular flexibility index (Phi) is 5.01. The Balaban J connectivity index is 1.37. The van der Waals surface area contributed by atoms with Crippen molar-refractivity contribution in [1.29, 1.82) is 0 Å². The number of hydrogen-bond acceptors (Lipinski definition) is 5. The Bertz CT molecular complexity index is 957. The number of benzene rings is 1. The van der Waals surface area contributed by atoms with Crippen molar-refractivity contribution < 1.29 is 23.7 Å². The molecule has 5 fully saturated rings. The average molecular weight is 467 g/mol. The summed E-state index contributed by atoms with van der Waals surface area (Å²) < 4.78 is 31.8. The summed E-state index contributed by atoms with van der Waals surface area (Å²) in [5.41, 5.74) is 3.00. The van der Waals surface area contributed by atoms with E-state index in [0.29, 0.717) is 56.0 Å². The molecule has 34 heavy (non-hydrogen) atoms. The van der Waals surface area contributed by atoms with Crippen LogP contribution in [-0.2, 0) is 18.9 Å². The normalized spacial score (nSPS) is 47.4. The number of methoxy groups -OCH3 is 1. The second-order valence-electron chi connectivity index (χ2n) is 11.7. The molecule has 0 bridgehead atoms. The number of rotatable bonds is 2. The predicted octanol–water partition coefficient (Wildman–Crippen LogP) is 5.45. The Morgan fingerprint density at radius 3 is 2.35 bits per heavy atom. The zero-order valence-electron chi connectivity index (χ0n) is 20.6. The third-order valence-corrected chi connectivity index (χ3v) is 10.5. The van der Waals surface area contributed by atoms with Gasteiger partial charge in [-0.1, -0.05) is 37.1 Å².